The maximum absolute atomic E-state index is 4.65. The summed E-state index contributed by atoms with van der Waals surface area (Å²) >= 11 is 3.81. The number of rotatable bonds is 3. The Kier molecular flexibility index (Phi) is 3.88. The smallest absolute Gasteiger partial charge is 0.185 e. The van der Waals surface area contributed by atoms with Gasteiger partial charge in [-0.2, -0.15) is 11.8 Å². The van der Waals surface area contributed by atoms with Crippen molar-refractivity contribution in [3.8, 4) is 0 Å². The third-order valence-electron chi connectivity index (χ3n) is 2.51. The Morgan fingerprint density at radius 3 is 3.27 bits per heavy atom. The first-order valence-corrected chi connectivity index (χ1v) is 7.28. The molecule has 1 aliphatic heterocycles. The minimum absolute atomic E-state index is 0.623. The Bertz CT molecular complexity index is 313. The molecule has 2 rings (SSSR count). The van der Waals surface area contributed by atoms with Gasteiger partial charge < -0.3 is 10.2 Å². The van der Waals surface area contributed by atoms with Crippen LogP contribution in [0.5, 0.6) is 0 Å². The van der Waals surface area contributed by atoms with Gasteiger partial charge in [-0.1, -0.05) is 0 Å². The molecule has 0 aromatic carbocycles. The van der Waals surface area contributed by atoms with Crippen LogP contribution in [0.1, 0.15) is 12.6 Å². The summed E-state index contributed by atoms with van der Waals surface area (Å²) in [5.74, 6) is 2.45. The average Bonchev–Trinajstić information content (AvgIpc) is 2.68. The van der Waals surface area contributed by atoms with Crippen molar-refractivity contribution < 1.29 is 0 Å². The van der Waals surface area contributed by atoms with Gasteiger partial charge in [-0.25, -0.2) is 4.98 Å². The third-order valence-corrected chi connectivity index (χ3v) is 4.63. The fraction of sp³-hybridized carbons (Fsp3) is 0.700. The highest BCUT2D eigenvalue weighted by Crippen LogP contribution is 2.26. The van der Waals surface area contributed by atoms with Crippen molar-refractivity contribution in [2.75, 3.05) is 30.0 Å². The van der Waals surface area contributed by atoms with Gasteiger partial charge in [0.05, 0.1) is 5.69 Å². The molecular formula is C10H17N3S2. The summed E-state index contributed by atoms with van der Waals surface area (Å²) in [5, 5.41) is 6.47. The maximum Gasteiger partial charge on any atom is 0.185 e. The summed E-state index contributed by atoms with van der Waals surface area (Å²) < 4.78 is 0. The zero-order chi connectivity index (χ0) is 10.7. The number of nitrogens with one attached hydrogen (secondary N) is 1. The number of hydrogen-bond acceptors (Lipinski definition) is 5. The minimum Gasteiger partial charge on any atom is -0.344 e. The SMILES string of the molecule is CNCc1csc(N2CCSCC2C)n1. The van der Waals surface area contributed by atoms with E-state index in [0.717, 1.165) is 18.8 Å². The monoisotopic (exact) mass is 243 g/mol. The van der Waals surface area contributed by atoms with Gasteiger partial charge in [0, 0.05) is 36.0 Å². The van der Waals surface area contributed by atoms with Crippen LogP contribution in [0.4, 0.5) is 5.13 Å². The Morgan fingerprint density at radius 2 is 2.53 bits per heavy atom. The van der Waals surface area contributed by atoms with Crippen LogP contribution in [0.25, 0.3) is 0 Å². The van der Waals surface area contributed by atoms with Crippen LogP contribution < -0.4 is 10.2 Å². The van der Waals surface area contributed by atoms with E-state index in [1.165, 1.54) is 16.6 Å². The molecule has 15 heavy (non-hydrogen) atoms. The van der Waals surface area contributed by atoms with Crippen LogP contribution in [0.2, 0.25) is 0 Å². The summed E-state index contributed by atoms with van der Waals surface area (Å²) in [6, 6.07) is 0.623. The van der Waals surface area contributed by atoms with Gasteiger partial charge in [-0.3, -0.25) is 0 Å². The van der Waals surface area contributed by atoms with E-state index in [2.05, 4.69) is 27.5 Å². The molecule has 0 bridgehead atoms. The average molecular weight is 243 g/mol. The highest BCUT2D eigenvalue weighted by atomic mass is 32.2. The predicted molar refractivity (Wildman–Crippen MR) is 69.0 cm³/mol. The Hall–Kier alpha value is -0.260. The number of hydrogen-bond donors (Lipinski definition) is 1. The van der Waals surface area contributed by atoms with Gasteiger partial charge in [0.15, 0.2) is 5.13 Å². The fourth-order valence-corrected chi connectivity index (χ4v) is 3.67. The van der Waals surface area contributed by atoms with Crippen LogP contribution in [0.3, 0.4) is 0 Å². The highest BCUT2D eigenvalue weighted by molar-refractivity contribution is 7.99. The Balaban J connectivity index is 2.06. The molecule has 84 valence electrons. The van der Waals surface area contributed by atoms with Crippen LogP contribution in [0, 0.1) is 0 Å². The second kappa shape index (κ2) is 5.18. The predicted octanol–water partition coefficient (Wildman–Crippen LogP) is 1.80. The first-order valence-electron chi connectivity index (χ1n) is 5.24. The quantitative estimate of drug-likeness (QED) is 0.876. The lowest BCUT2D eigenvalue weighted by Gasteiger charge is -2.32. The Morgan fingerprint density at radius 1 is 1.67 bits per heavy atom. The van der Waals surface area contributed by atoms with Crippen molar-refractivity contribution in [3.05, 3.63) is 11.1 Å². The molecule has 2 heterocycles. The summed E-state index contributed by atoms with van der Waals surface area (Å²) in [6.45, 7) is 4.29. The summed E-state index contributed by atoms with van der Waals surface area (Å²) in [6.07, 6.45) is 0. The van der Waals surface area contributed by atoms with Gasteiger partial charge in [-0.05, 0) is 14.0 Å². The second-order valence-corrected chi connectivity index (χ2v) is 5.76. The first kappa shape index (κ1) is 11.2. The zero-order valence-electron chi connectivity index (χ0n) is 9.19. The van der Waals surface area contributed by atoms with Crippen molar-refractivity contribution >= 4 is 28.2 Å². The van der Waals surface area contributed by atoms with Crippen LogP contribution in [-0.4, -0.2) is 36.1 Å². The number of thiazole rings is 1. The molecule has 1 N–H and O–H groups in total. The van der Waals surface area contributed by atoms with E-state index < -0.39 is 0 Å². The van der Waals surface area contributed by atoms with Gasteiger partial charge in [0.25, 0.3) is 0 Å². The molecular weight excluding hydrogens is 226 g/mol. The molecule has 1 unspecified atom stereocenters. The lowest BCUT2D eigenvalue weighted by atomic mass is 10.3. The van der Waals surface area contributed by atoms with Crippen LogP contribution in [0.15, 0.2) is 5.38 Å². The lowest BCUT2D eigenvalue weighted by Crippen LogP contribution is -2.40. The van der Waals surface area contributed by atoms with E-state index in [1.807, 2.05) is 18.8 Å². The molecule has 0 radical (unpaired) electrons. The minimum atomic E-state index is 0.623. The molecule has 5 heteroatoms. The van der Waals surface area contributed by atoms with Crippen molar-refractivity contribution in [3.63, 3.8) is 0 Å². The van der Waals surface area contributed by atoms with E-state index in [9.17, 15) is 0 Å². The highest BCUT2D eigenvalue weighted by Gasteiger charge is 2.21. The summed E-state index contributed by atoms with van der Waals surface area (Å²) in [7, 11) is 1.96. The van der Waals surface area contributed by atoms with Gasteiger partial charge >= 0.3 is 0 Å². The third kappa shape index (κ3) is 2.65. The first-order chi connectivity index (χ1) is 7.31. The number of anilines is 1. The van der Waals surface area contributed by atoms with Gasteiger partial charge in [0.2, 0.25) is 0 Å². The summed E-state index contributed by atoms with van der Waals surface area (Å²) in [4.78, 5) is 7.08. The molecule has 1 aliphatic rings. The van der Waals surface area contributed by atoms with Crippen molar-refractivity contribution in [2.45, 2.75) is 19.5 Å². The number of nitrogens with zero attached hydrogens (tertiary/aromatic N) is 2. The van der Waals surface area contributed by atoms with Crippen LogP contribution >= 0.6 is 23.1 Å². The molecule has 3 nitrogen and oxygen atoms in total. The molecule has 0 spiro atoms. The van der Waals surface area contributed by atoms with E-state index in [1.54, 1.807) is 11.3 Å². The van der Waals surface area contributed by atoms with E-state index >= 15 is 0 Å². The number of thioether (sulfide) groups is 1. The standard InChI is InChI=1S/C10H17N3S2/c1-8-6-14-4-3-13(8)10-12-9(5-11-2)7-15-10/h7-8,11H,3-6H2,1-2H3. The van der Waals surface area contributed by atoms with Crippen molar-refractivity contribution in [1.29, 1.82) is 0 Å². The van der Waals surface area contributed by atoms with Gasteiger partial charge in [-0.15, -0.1) is 11.3 Å². The number of aromatic nitrogens is 1. The van der Waals surface area contributed by atoms with Gasteiger partial charge in [0.1, 0.15) is 0 Å². The van der Waals surface area contributed by atoms with E-state index in [-0.39, 0.29) is 0 Å². The van der Waals surface area contributed by atoms with E-state index in [4.69, 9.17) is 0 Å². The maximum atomic E-state index is 4.65. The van der Waals surface area contributed by atoms with Crippen molar-refractivity contribution in [1.82, 2.24) is 10.3 Å². The molecule has 1 aromatic rings. The van der Waals surface area contributed by atoms with Crippen LogP contribution in [-0.2, 0) is 6.54 Å². The normalized spacial score (nSPS) is 22.0. The topological polar surface area (TPSA) is 28.2 Å². The molecule has 1 atom stereocenters. The molecule has 1 fully saturated rings. The molecule has 0 saturated carbocycles. The molecule has 0 amide bonds. The van der Waals surface area contributed by atoms with E-state index in [0.29, 0.717) is 6.04 Å². The lowest BCUT2D eigenvalue weighted by molar-refractivity contribution is 0.693. The molecule has 1 saturated heterocycles. The zero-order valence-corrected chi connectivity index (χ0v) is 10.8. The second-order valence-electron chi connectivity index (χ2n) is 3.77. The molecule has 1 aromatic heterocycles. The molecule has 0 aliphatic carbocycles. The fourth-order valence-electron chi connectivity index (χ4n) is 1.70. The Labute approximate surface area is 99.3 Å². The summed E-state index contributed by atoms with van der Waals surface area (Å²) in [5.41, 5.74) is 1.16. The van der Waals surface area contributed by atoms with Crippen molar-refractivity contribution in [2.24, 2.45) is 0 Å². The largest absolute Gasteiger partial charge is 0.344 e.